The Morgan fingerprint density at radius 3 is 2.67 bits per heavy atom. The molecule has 0 radical (unpaired) electrons. The molecule has 6 nitrogen and oxygen atoms in total. The SMILES string of the molecule is CSc1ccc(C(CC(=O)O)NC(=O)c2cc(C3CC3)[nH]n2)cc1. The van der Waals surface area contributed by atoms with Crippen LogP contribution < -0.4 is 5.32 Å². The van der Waals surface area contributed by atoms with Crippen molar-refractivity contribution in [3.63, 3.8) is 0 Å². The smallest absolute Gasteiger partial charge is 0.305 e. The number of hydrogen-bond acceptors (Lipinski definition) is 4. The van der Waals surface area contributed by atoms with Crippen molar-refractivity contribution in [1.29, 1.82) is 0 Å². The van der Waals surface area contributed by atoms with E-state index < -0.39 is 12.0 Å². The summed E-state index contributed by atoms with van der Waals surface area (Å²) in [6.07, 6.45) is 4.03. The number of nitrogens with zero attached hydrogens (tertiary/aromatic N) is 1. The van der Waals surface area contributed by atoms with E-state index in [9.17, 15) is 9.59 Å². The zero-order valence-corrected chi connectivity index (χ0v) is 14.1. The number of nitrogens with one attached hydrogen (secondary N) is 2. The summed E-state index contributed by atoms with van der Waals surface area (Å²) in [6, 6.07) is 8.69. The van der Waals surface area contributed by atoms with Crippen LogP contribution in [0.4, 0.5) is 0 Å². The first-order valence-corrected chi connectivity index (χ1v) is 9.01. The third-order valence-electron chi connectivity index (χ3n) is 4.05. The fourth-order valence-electron chi connectivity index (χ4n) is 2.55. The summed E-state index contributed by atoms with van der Waals surface area (Å²) in [7, 11) is 0. The molecule has 3 N–H and O–H groups in total. The Morgan fingerprint density at radius 2 is 2.08 bits per heavy atom. The lowest BCUT2D eigenvalue weighted by Crippen LogP contribution is -2.30. The van der Waals surface area contributed by atoms with E-state index in [1.165, 1.54) is 0 Å². The number of amides is 1. The number of thioether (sulfide) groups is 1. The first-order chi connectivity index (χ1) is 11.6. The molecule has 0 saturated heterocycles. The van der Waals surface area contributed by atoms with E-state index in [2.05, 4.69) is 15.5 Å². The summed E-state index contributed by atoms with van der Waals surface area (Å²) in [5.74, 6) is -0.846. The van der Waals surface area contributed by atoms with E-state index in [-0.39, 0.29) is 12.3 Å². The maximum atomic E-state index is 12.4. The Bertz CT molecular complexity index is 738. The average molecular weight is 345 g/mol. The number of aromatic amines is 1. The summed E-state index contributed by atoms with van der Waals surface area (Å²) in [5, 5.41) is 18.8. The van der Waals surface area contributed by atoms with Gasteiger partial charge in [0.15, 0.2) is 0 Å². The molecule has 1 atom stereocenters. The molecule has 0 bridgehead atoms. The van der Waals surface area contributed by atoms with Crippen LogP contribution in [0.2, 0.25) is 0 Å². The van der Waals surface area contributed by atoms with Gasteiger partial charge in [-0.25, -0.2) is 0 Å². The zero-order valence-electron chi connectivity index (χ0n) is 13.3. The van der Waals surface area contributed by atoms with Crippen molar-refractivity contribution in [3.8, 4) is 0 Å². The summed E-state index contributed by atoms with van der Waals surface area (Å²) in [4.78, 5) is 24.6. The van der Waals surface area contributed by atoms with Gasteiger partial charge < -0.3 is 10.4 Å². The Hall–Kier alpha value is -2.28. The van der Waals surface area contributed by atoms with Gasteiger partial charge in [0.2, 0.25) is 0 Å². The molecule has 24 heavy (non-hydrogen) atoms. The standard InChI is InChI=1S/C17H19N3O3S/c1-24-12-6-4-10(5-7-12)13(9-16(21)22)18-17(23)15-8-14(19-20-15)11-2-3-11/h4-8,11,13H,2-3,9H2,1H3,(H,18,23)(H,19,20)(H,21,22). The Labute approximate surface area is 144 Å². The number of aliphatic carboxylic acids is 1. The van der Waals surface area contributed by atoms with Gasteiger partial charge in [-0.05, 0) is 42.9 Å². The van der Waals surface area contributed by atoms with Gasteiger partial charge in [0.25, 0.3) is 5.91 Å². The van der Waals surface area contributed by atoms with Crippen LogP contribution in [0, 0.1) is 0 Å². The highest BCUT2D eigenvalue weighted by molar-refractivity contribution is 7.98. The first kappa shape index (κ1) is 16.6. The van der Waals surface area contributed by atoms with E-state index in [0.29, 0.717) is 11.6 Å². The predicted octanol–water partition coefficient (Wildman–Crippen LogP) is 2.95. The quantitative estimate of drug-likeness (QED) is 0.671. The maximum absolute atomic E-state index is 12.4. The highest BCUT2D eigenvalue weighted by Gasteiger charge is 2.27. The van der Waals surface area contributed by atoms with Gasteiger partial charge in [0.05, 0.1) is 12.5 Å². The number of rotatable bonds is 7. The lowest BCUT2D eigenvalue weighted by atomic mass is 10.0. The normalized spacial score (nSPS) is 15.0. The third kappa shape index (κ3) is 3.97. The largest absolute Gasteiger partial charge is 0.481 e. The van der Waals surface area contributed by atoms with Gasteiger partial charge in [-0.3, -0.25) is 14.7 Å². The number of carbonyl (C=O) groups excluding carboxylic acids is 1. The van der Waals surface area contributed by atoms with E-state index in [1.54, 1.807) is 17.8 Å². The highest BCUT2D eigenvalue weighted by atomic mass is 32.2. The number of carboxylic acid groups (broad SMARTS) is 1. The Kier molecular flexibility index (Phi) is 4.89. The topological polar surface area (TPSA) is 95.1 Å². The van der Waals surface area contributed by atoms with Crippen LogP contribution in [0.3, 0.4) is 0 Å². The minimum absolute atomic E-state index is 0.176. The van der Waals surface area contributed by atoms with E-state index in [1.807, 2.05) is 30.5 Å². The molecule has 1 heterocycles. The molecule has 0 aliphatic heterocycles. The van der Waals surface area contributed by atoms with Gasteiger partial charge in [0.1, 0.15) is 5.69 Å². The maximum Gasteiger partial charge on any atom is 0.305 e. The molecule has 3 rings (SSSR count). The van der Waals surface area contributed by atoms with Crippen LogP contribution in [0.1, 0.15) is 53.0 Å². The Balaban J connectivity index is 1.74. The van der Waals surface area contributed by atoms with Crippen LogP contribution in [0.25, 0.3) is 0 Å². The third-order valence-corrected chi connectivity index (χ3v) is 4.79. The Morgan fingerprint density at radius 1 is 1.38 bits per heavy atom. The van der Waals surface area contributed by atoms with Gasteiger partial charge in [-0.1, -0.05) is 12.1 Å². The van der Waals surface area contributed by atoms with Crippen molar-refractivity contribution in [2.24, 2.45) is 0 Å². The fourth-order valence-corrected chi connectivity index (χ4v) is 2.96. The van der Waals surface area contributed by atoms with Gasteiger partial charge in [0, 0.05) is 16.5 Å². The summed E-state index contributed by atoms with van der Waals surface area (Å²) in [5.41, 5.74) is 2.04. The van der Waals surface area contributed by atoms with Crippen molar-refractivity contribution in [2.75, 3.05) is 6.26 Å². The van der Waals surface area contributed by atoms with Crippen LogP contribution in [-0.2, 0) is 4.79 Å². The molecule has 1 aromatic carbocycles. The lowest BCUT2D eigenvalue weighted by Gasteiger charge is -2.17. The van der Waals surface area contributed by atoms with Crippen molar-refractivity contribution in [3.05, 3.63) is 47.3 Å². The molecule has 2 aromatic rings. The molecule has 1 aromatic heterocycles. The zero-order chi connectivity index (χ0) is 17.1. The fraction of sp³-hybridized carbons (Fsp3) is 0.353. The molecule has 1 aliphatic carbocycles. The van der Waals surface area contributed by atoms with Crippen molar-refractivity contribution in [2.45, 2.75) is 36.1 Å². The predicted molar refractivity (Wildman–Crippen MR) is 91.2 cm³/mol. The van der Waals surface area contributed by atoms with Gasteiger partial charge in [-0.2, -0.15) is 5.10 Å². The summed E-state index contributed by atoms with van der Waals surface area (Å²) >= 11 is 1.61. The molecule has 1 unspecified atom stereocenters. The minimum Gasteiger partial charge on any atom is -0.481 e. The minimum atomic E-state index is -0.963. The number of H-pyrrole nitrogens is 1. The van der Waals surface area contributed by atoms with Gasteiger partial charge >= 0.3 is 5.97 Å². The van der Waals surface area contributed by atoms with Crippen molar-refractivity contribution in [1.82, 2.24) is 15.5 Å². The van der Waals surface area contributed by atoms with Crippen LogP contribution >= 0.6 is 11.8 Å². The second kappa shape index (κ2) is 7.09. The number of carbonyl (C=O) groups is 2. The molecular formula is C17H19N3O3S. The van der Waals surface area contributed by atoms with Crippen LogP contribution in [0.15, 0.2) is 35.2 Å². The lowest BCUT2D eigenvalue weighted by molar-refractivity contribution is -0.137. The van der Waals surface area contributed by atoms with Gasteiger partial charge in [-0.15, -0.1) is 11.8 Å². The van der Waals surface area contributed by atoms with Crippen molar-refractivity contribution >= 4 is 23.6 Å². The average Bonchev–Trinajstić information content (AvgIpc) is 3.30. The molecule has 1 aliphatic rings. The second-order valence-electron chi connectivity index (χ2n) is 5.88. The summed E-state index contributed by atoms with van der Waals surface area (Å²) < 4.78 is 0. The highest BCUT2D eigenvalue weighted by Crippen LogP contribution is 2.39. The number of aromatic nitrogens is 2. The molecule has 1 saturated carbocycles. The molecule has 1 amide bonds. The van der Waals surface area contributed by atoms with E-state index >= 15 is 0 Å². The number of hydrogen-bond donors (Lipinski definition) is 3. The molecule has 7 heteroatoms. The first-order valence-electron chi connectivity index (χ1n) is 7.78. The van der Waals surface area contributed by atoms with Crippen LogP contribution in [0.5, 0.6) is 0 Å². The molecule has 1 fully saturated rings. The van der Waals surface area contributed by atoms with Crippen LogP contribution in [-0.4, -0.2) is 33.4 Å². The van der Waals surface area contributed by atoms with E-state index in [0.717, 1.165) is 29.0 Å². The van der Waals surface area contributed by atoms with E-state index in [4.69, 9.17) is 5.11 Å². The number of benzene rings is 1. The monoisotopic (exact) mass is 345 g/mol. The molecule has 0 spiro atoms. The molecule has 126 valence electrons. The molecular weight excluding hydrogens is 326 g/mol. The van der Waals surface area contributed by atoms with Crippen molar-refractivity contribution < 1.29 is 14.7 Å². The second-order valence-corrected chi connectivity index (χ2v) is 6.76. The number of carboxylic acids is 1. The summed E-state index contributed by atoms with van der Waals surface area (Å²) in [6.45, 7) is 0.